The average Bonchev–Trinajstić information content (AvgIpc) is 2.63. The molecule has 132 valence electrons. The highest BCUT2D eigenvalue weighted by atomic mass is 35.5. The molecule has 0 spiro atoms. The molecule has 0 unspecified atom stereocenters. The molecule has 1 amide bonds. The number of halogens is 1. The van der Waals surface area contributed by atoms with Crippen LogP contribution in [0.4, 0.5) is 11.5 Å². The van der Waals surface area contributed by atoms with Crippen LogP contribution in [0.25, 0.3) is 0 Å². The van der Waals surface area contributed by atoms with Crippen LogP contribution in [0.3, 0.4) is 0 Å². The topological polar surface area (TPSA) is 79.8 Å². The third-order valence-electron chi connectivity index (χ3n) is 3.72. The molecule has 0 aliphatic rings. The smallest absolute Gasteiger partial charge is 0.274 e. The fourth-order valence-corrected chi connectivity index (χ4v) is 2.51. The van der Waals surface area contributed by atoms with E-state index in [2.05, 4.69) is 25.6 Å². The Balaban J connectivity index is 1.73. The van der Waals surface area contributed by atoms with E-state index in [9.17, 15) is 4.79 Å². The second-order valence-corrected chi connectivity index (χ2v) is 6.22. The number of aromatic nitrogens is 3. The van der Waals surface area contributed by atoms with Crippen molar-refractivity contribution in [3.63, 3.8) is 0 Å². The maximum absolute atomic E-state index is 12.5. The lowest BCUT2D eigenvalue weighted by molar-refractivity contribution is 0.102. The highest BCUT2D eigenvalue weighted by molar-refractivity contribution is 6.31. The minimum atomic E-state index is -0.317. The van der Waals surface area contributed by atoms with Crippen LogP contribution in [0.15, 0.2) is 48.8 Å². The van der Waals surface area contributed by atoms with Crippen LogP contribution in [-0.4, -0.2) is 20.9 Å². The number of pyridine rings is 1. The molecule has 6 nitrogen and oxygen atoms in total. The molecule has 0 saturated carbocycles. The minimum absolute atomic E-state index is 0.284. The Hall–Kier alpha value is -2.99. The number of rotatable bonds is 5. The van der Waals surface area contributed by atoms with E-state index in [-0.39, 0.29) is 11.6 Å². The van der Waals surface area contributed by atoms with Gasteiger partial charge in [0.15, 0.2) is 0 Å². The van der Waals surface area contributed by atoms with Gasteiger partial charge in [0.25, 0.3) is 5.91 Å². The number of carbonyl (C=O) groups is 1. The Labute approximate surface area is 156 Å². The summed E-state index contributed by atoms with van der Waals surface area (Å²) in [6.45, 7) is 4.23. The molecule has 0 aliphatic carbocycles. The van der Waals surface area contributed by atoms with Gasteiger partial charge in [0.1, 0.15) is 17.3 Å². The molecule has 2 heterocycles. The quantitative estimate of drug-likeness (QED) is 0.712. The summed E-state index contributed by atoms with van der Waals surface area (Å²) >= 11 is 6.10. The largest absolute Gasteiger partial charge is 0.366 e. The van der Waals surface area contributed by atoms with Crippen LogP contribution >= 0.6 is 11.6 Å². The maximum Gasteiger partial charge on any atom is 0.274 e. The average molecular weight is 368 g/mol. The van der Waals surface area contributed by atoms with Crippen LogP contribution < -0.4 is 10.6 Å². The van der Waals surface area contributed by atoms with Crippen molar-refractivity contribution in [3.8, 4) is 0 Å². The summed E-state index contributed by atoms with van der Waals surface area (Å²) in [5.74, 6) is 0.778. The molecule has 0 aliphatic heterocycles. The molecular formula is C19H18ClN5O. The van der Waals surface area contributed by atoms with E-state index in [1.165, 1.54) is 0 Å². The molecule has 0 radical (unpaired) electrons. The number of nitrogens with zero attached hydrogens (tertiary/aromatic N) is 3. The van der Waals surface area contributed by atoms with Crippen LogP contribution in [0, 0.1) is 13.8 Å². The number of amides is 1. The lowest BCUT2D eigenvalue weighted by Crippen LogP contribution is -2.16. The zero-order valence-electron chi connectivity index (χ0n) is 14.5. The SMILES string of the molecule is Cc1nc(NCc2ccncc2)cc(C(=O)Nc2ccc(C)c(Cl)c2)n1. The van der Waals surface area contributed by atoms with Gasteiger partial charge in [0, 0.05) is 35.7 Å². The van der Waals surface area contributed by atoms with E-state index in [1.807, 2.05) is 25.1 Å². The molecule has 7 heteroatoms. The highest BCUT2D eigenvalue weighted by Crippen LogP contribution is 2.20. The van der Waals surface area contributed by atoms with Crippen molar-refractivity contribution in [3.05, 3.63) is 76.5 Å². The van der Waals surface area contributed by atoms with Crippen molar-refractivity contribution in [1.82, 2.24) is 15.0 Å². The van der Waals surface area contributed by atoms with Gasteiger partial charge in [-0.3, -0.25) is 9.78 Å². The monoisotopic (exact) mass is 367 g/mol. The zero-order valence-corrected chi connectivity index (χ0v) is 15.2. The van der Waals surface area contributed by atoms with Gasteiger partial charge in [-0.2, -0.15) is 0 Å². The normalized spacial score (nSPS) is 10.4. The van der Waals surface area contributed by atoms with Gasteiger partial charge in [0.05, 0.1) is 0 Å². The van der Waals surface area contributed by atoms with E-state index < -0.39 is 0 Å². The fraction of sp³-hybridized carbons (Fsp3) is 0.158. The van der Waals surface area contributed by atoms with Crippen molar-refractivity contribution in [1.29, 1.82) is 0 Å². The molecular weight excluding hydrogens is 350 g/mol. The summed E-state index contributed by atoms with van der Waals surface area (Å²) < 4.78 is 0. The lowest BCUT2D eigenvalue weighted by atomic mass is 10.2. The number of benzene rings is 1. The van der Waals surface area contributed by atoms with E-state index in [4.69, 9.17) is 11.6 Å². The summed E-state index contributed by atoms with van der Waals surface area (Å²) in [4.78, 5) is 25.0. The summed E-state index contributed by atoms with van der Waals surface area (Å²) in [7, 11) is 0. The molecule has 0 bridgehead atoms. The fourth-order valence-electron chi connectivity index (χ4n) is 2.33. The predicted molar refractivity (Wildman–Crippen MR) is 102 cm³/mol. The third-order valence-corrected chi connectivity index (χ3v) is 4.13. The molecule has 2 N–H and O–H groups in total. The van der Waals surface area contributed by atoms with Gasteiger partial charge in [-0.1, -0.05) is 17.7 Å². The van der Waals surface area contributed by atoms with Crippen molar-refractivity contribution >= 4 is 29.0 Å². The Morgan fingerprint density at radius 2 is 1.85 bits per heavy atom. The van der Waals surface area contributed by atoms with Gasteiger partial charge in [-0.25, -0.2) is 9.97 Å². The van der Waals surface area contributed by atoms with E-state index in [0.29, 0.717) is 28.9 Å². The number of anilines is 2. The van der Waals surface area contributed by atoms with Crippen LogP contribution in [0.5, 0.6) is 0 Å². The van der Waals surface area contributed by atoms with Gasteiger partial charge in [-0.05, 0) is 49.2 Å². The number of carbonyl (C=O) groups excluding carboxylic acids is 1. The maximum atomic E-state index is 12.5. The molecule has 3 aromatic rings. The first-order valence-electron chi connectivity index (χ1n) is 8.07. The zero-order chi connectivity index (χ0) is 18.5. The lowest BCUT2D eigenvalue weighted by Gasteiger charge is -2.10. The van der Waals surface area contributed by atoms with Crippen LogP contribution in [-0.2, 0) is 6.54 Å². The Kier molecular flexibility index (Phi) is 5.43. The van der Waals surface area contributed by atoms with Gasteiger partial charge >= 0.3 is 0 Å². The molecule has 26 heavy (non-hydrogen) atoms. The van der Waals surface area contributed by atoms with Crippen LogP contribution in [0.2, 0.25) is 5.02 Å². The summed E-state index contributed by atoms with van der Waals surface area (Å²) in [6.07, 6.45) is 3.46. The number of hydrogen-bond acceptors (Lipinski definition) is 5. The van der Waals surface area contributed by atoms with E-state index in [1.54, 1.807) is 37.5 Å². The summed E-state index contributed by atoms with van der Waals surface area (Å²) in [6, 6.07) is 10.8. The van der Waals surface area contributed by atoms with E-state index in [0.717, 1.165) is 11.1 Å². The Bertz CT molecular complexity index is 930. The highest BCUT2D eigenvalue weighted by Gasteiger charge is 2.11. The number of nitrogens with one attached hydrogen (secondary N) is 2. The summed E-state index contributed by atoms with van der Waals surface area (Å²) in [5.41, 5.74) is 2.92. The van der Waals surface area contributed by atoms with Crippen molar-refractivity contribution in [2.45, 2.75) is 20.4 Å². The summed E-state index contributed by atoms with van der Waals surface area (Å²) in [5, 5.41) is 6.60. The molecule has 1 aromatic carbocycles. The van der Waals surface area contributed by atoms with Crippen molar-refractivity contribution in [2.75, 3.05) is 10.6 Å². The molecule has 0 saturated heterocycles. The van der Waals surface area contributed by atoms with Gasteiger partial charge in [0.2, 0.25) is 0 Å². The second-order valence-electron chi connectivity index (χ2n) is 5.81. The third kappa shape index (κ3) is 4.55. The first-order chi connectivity index (χ1) is 12.5. The Morgan fingerprint density at radius 1 is 1.08 bits per heavy atom. The number of hydrogen-bond donors (Lipinski definition) is 2. The van der Waals surface area contributed by atoms with Crippen LogP contribution in [0.1, 0.15) is 27.4 Å². The number of aryl methyl sites for hydroxylation is 2. The first kappa shape index (κ1) is 17.8. The van der Waals surface area contributed by atoms with E-state index >= 15 is 0 Å². The molecule has 0 atom stereocenters. The molecule has 0 fully saturated rings. The second kappa shape index (κ2) is 7.93. The van der Waals surface area contributed by atoms with Gasteiger partial charge in [-0.15, -0.1) is 0 Å². The predicted octanol–water partition coefficient (Wildman–Crippen LogP) is 4.01. The first-order valence-corrected chi connectivity index (χ1v) is 8.45. The minimum Gasteiger partial charge on any atom is -0.366 e. The Morgan fingerprint density at radius 3 is 2.58 bits per heavy atom. The van der Waals surface area contributed by atoms with Crippen molar-refractivity contribution in [2.24, 2.45) is 0 Å². The molecule has 2 aromatic heterocycles. The standard InChI is InChI=1S/C19H18ClN5O/c1-12-3-4-15(9-16(12)20)25-19(26)17-10-18(24-13(2)23-17)22-11-14-5-7-21-8-6-14/h3-10H,11H2,1-2H3,(H,25,26)(H,22,23,24). The molecule has 3 rings (SSSR count). The van der Waals surface area contributed by atoms with Crippen molar-refractivity contribution < 1.29 is 4.79 Å². The van der Waals surface area contributed by atoms with Gasteiger partial charge < -0.3 is 10.6 Å².